The molecule has 0 aromatic heterocycles. The third-order valence-corrected chi connectivity index (χ3v) is 4.04. The number of rotatable bonds is 13. The lowest BCUT2D eigenvalue weighted by molar-refractivity contribution is -0.114. The largest absolute Gasteiger partial charge is 0.450 e. The fraction of sp³-hybridized carbons (Fsp3) is 0.500. The summed E-state index contributed by atoms with van der Waals surface area (Å²) in [4.78, 5) is 23.3. The van der Waals surface area contributed by atoms with Crippen LogP contribution in [0.15, 0.2) is 42.5 Å². The van der Waals surface area contributed by atoms with Crippen molar-refractivity contribution in [2.24, 2.45) is 5.73 Å². The number of primary amides is 1. The molecule has 144 valence electrons. The Kier molecular flexibility index (Phi) is 10.8. The van der Waals surface area contributed by atoms with Crippen molar-refractivity contribution in [2.75, 3.05) is 19.7 Å². The zero-order valence-electron chi connectivity index (χ0n) is 15.6. The van der Waals surface area contributed by atoms with Gasteiger partial charge in [-0.15, -0.1) is 0 Å². The summed E-state index contributed by atoms with van der Waals surface area (Å²) in [5.74, 6) is -0.636. The van der Waals surface area contributed by atoms with E-state index < -0.39 is 18.0 Å². The Balaban J connectivity index is 2.37. The number of alkyl carbamates (subject to hydrolysis) is 1. The predicted octanol–water partition coefficient (Wildman–Crippen LogP) is 2.54. The van der Waals surface area contributed by atoms with Gasteiger partial charge in [0, 0.05) is 12.1 Å². The Morgan fingerprint density at radius 2 is 1.92 bits per heavy atom. The molecule has 6 heteroatoms. The first-order valence-corrected chi connectivity index (χ1v) is 9.21. The van der Waals surface area contributed by atoms with Crippen molar-refractivity contribution in [1.29, 1.82) is 0 Å². The van der Waals surface area contributed by atoms with Crippen LogP contribution in [0, 0.1) is 0 Å². The van der Waals surface area contributed by atoms with Crippen molar-refractivity contribution in [3.05, 3.63) is 48.0 Å². The third kappa shape index (κ3) is 9.22. The molecule has 6 nitrogen and oxygen atoms in total. The van der Waals surface area contributed by atoms with E-state index in [1.165, 1.54) is 5.56 Å². The first-order chi connectivity index (χ1) is 12.5. The molecule has 0 unspecified atom stereocenters. The van der Waals surface area contributed by atoms with E-state index in [0.29, 0.717) is 19.7 Å². The van der Waals surface area contributed by atoms with Crippen molar-refractivity contribution in [2.45, 2.75) is 45.1 Å². The maximum atomic E-state index is 11.9. The van der Waals surface area contributed by atoms with Crippen molar-refractivity contribution in [3.63, 3.8) is 0 Å². The SMILES string of the molecule is C=C(C(N)=O)[C@H](CNCCc1ccccc1)NC(=O)OCCCCCC. The number of nitrogens with one attached hydrogen (secondary N) is 2. The molecule has 1 atom stereocenters. The molecule has 4 N–H and O–H groups in total. The molecular formula is C20H31N3O3. The smallest absolute Gasteiger partial charge is 0.407 e. The quantitative estimate of drug-likeness (QED) is 0.372. The molecule has 0 aliphatic rings. The summed E-state index contributed by atoms with van der Waals surface area (Å²) in [6, 6.07) is 9.47. The molecule has 26 heavy (non-hydrogen) atoms. The molecule has 0 fully saturated rings. The topological polar surface area (TPSA) is 93.5 Å². The van der Waals surface area contributed by atoms with Gasteiger partial charge in [-0.25, -0.2) is 4.79 Å². The summed E-state index contributed by atoms with van der Waals surface area (Å²) in [6.07, 6.45) is 4.40. The van der Waals surface area contributed by atoms with Gasteiger partial charge >= 0.3 is 6.09 Å². The lowest BCUT2D eigenvalue weighted by Gasteiger charge is -2.20. The summed E-state index contributed by atoms with van der Waals surface area (Å²) in [6.45, 7) is 7.24. The van der Waals surface area contributed by atoms with Gasteiger partial charge in [-0.3, -0.25) is 4.79 Å². The normalized spacial score (nSPS) is 11.6. The monoisotopic (exact) mass is 361 g/mol. The summed E-state index contributed by atoms with van der Waals surface area (Å²) in [5, 5.41) is 5.88. The van der Waals surface area contributed by atoms with Crippen LogP contribution >= 0.6 is 0 Å². The van der Waals surface area contributed by atoms with Crippen LogP contribution in [0.25, 0.3) is 0 Å². The van der Waals surface area contributed by atoms with Crippen molar-refractivity contribution >= 4 is 12.0 Å². The van der Waals surface area contributed by atoms with Gasteiger partial charge in [-0.1, -0.05) is 63.1 Å². The van der Waals surface area contributed by atoms with Gasteiger partial charge in [-0.05, 0) is 24.9 Å². The van der Waals surface area contributed by atoms with E-state index in [-0.39, 0.29) is 5.57 Å². The van der Waals surface area contributed by atoms with Crippen molar-refractivity contribution in [1.82, 2.24) is 10.6 Å². The van der Waals surface area contributed by atoms with Crippen LogP contribution in [0.2, 0.25) is 0 Å². The second kappa shape index (κ2) is 12.9. The van der Waals surface area contributed by atoms with Crippen LogP contribution in [0.4, 0.5) is 4.79 Å². The average Bonchev–Trinajstić information content (AvgIpc) is 2.64. The highest BCUT2D eigenvalue weighted by Crippen LogP contribution is 2.02. The number of carbonyl (C=O) groups is 2. The van der Waals surface area contributed by atoms with Crippen LogP contribution in [-0.2, 0) is 16.0 Å². The van der Waals surface area contributed by atoms with Crippen LogP contribution < -0.4 is 16.4 Å². The summed E-state index contributed by atoms with van der Waals surface area (Å²) < 4.78 is 5.15. The molecule has 0 aliphatic heterocycles. The first kappa shape index (κ1) is 21.7. The van der Waals surface area contributed by atoms with Gasteiger partial charge in [0.2, 0.25) is 5.91 Å². The number of carbonyl (C=O) groups excluding carboxylic acids is 2. The van der Waals surface area contributed by atoms with E-state index in [1.54, 1.807) is 0 Å². The number of unbranched alkanes of at least 4 members (excludes halogenated alkanes) is 3. The fourth-order valence-electron chi connectivity index (χ4n) is 2.43. The summed E-state index contributed by atoms with van der Waals surface area (Å²) >= 11 is 0. The van der Waals surface area contributed by atoms with Crippen LogP contribution in [0.3, 0.4) is 0 Å². The Morgan fingerprint density at radius 3 is 2.58 bits per heavy atom. The first-order valence-electron chi connectivity index (χ1n) is 9.21. The number of ether oxygens (including phenoxy) is 1. The molecule has 0 bridgehead atoms. The molecule has 0 aliphatic carbocycles. The van der Waals surface area contributed by atoms with Gasteiger partial charge in [0.1, 0.15) is 0 Å². The third-order valence-electron chi connectivity index (χ3n) is 4.04. The minimum absolute atomic E-state index is 0.153. The Labute approximate surface area is 156 Å². The zero-order valence-corrected chi connectivity index (χ0v) is 15.6. The molecule has 0 radical (unpaired) electrons. The summed E-state index contributed by atoms with van der Waals surface area (Å²) in [5.41, 5.74) is 6.67. The zero-order chi connectivity index (χ0) is 19.2. The molecular weight excluding hydrogens is 330 g/mol. The Morgan fingerprint density at radius 1 is 1.19 bits per heavy atom. The van der Waals surface area contributed by atoms with Gasteiger partial charge in [0.05, 0.1) is 12.6 Å². The number of nitrogens with two attached hydrogens (primary N) is 1. The lowest BCUT2D eigenvalue weighted by atomic mass is 10.1. The van der Waals surface area contributed by atoms with Gasteiger partial charge in [0.15, 0.2) is 0 Å². The van der Waals surface area contributed by atoms with Crippen LogP contribution in [-0.4, -0.2) is 37.7 Å². The Hall–Kier alpha value is -2.34. The van der Waals surface area contributed by atoms with E-state index >= 15 is 0 Å². The maximum Gasteiger partial charge on any atom is 0.407 e. The highest BCUT2D eigenvalue weighted by atomic mass is 16.5. The van der Waals surface area contributed by atoms with E-state index in [4.69, 9.17) is 10.5 Å². The number of amides is 2. The minimum Gasteiger partial charge on any atom is -0.450 e. The predicted molar refractivity (Wildman–Crippen MR) is 104 cm³/mol. The van der Waals surface area contributed by atoms with Gasteiger partial charge in [0.25, 0.3) is 0 Å². The number of hydrogen-bond donors (Lipinski definition) is 3. The second-order valence-corrected chi connectivity index (χ2v) is 6.22. The highest BCUT2D eigenvalue weighted by molar-refractivity contribution is 5.93. The second-order valence-electron chi connectivity index (χ2n) is 6.22. The molecule has 1 aromatic carbocycles. The molecule has 2 amide bonds. The average molecular weight is 361 g/mol. The molecule has 0 heterocycles. The van der Waals surface area contributed by atoms with E-state index in [9.17, 15) is 9.59 Å². The van der Waals surface area contributed by atoms with E-state index in [2.05, 4.69) is 36.3 Å². The standard InChI is InChI=1S/C20H31N3O3/c1-3-4-5-9-14-26-20(25)23-18(16(2)19(21)24)15-22-13-12-17-10-7-6-8-11-17/h6-8,10-11,18,22H,2-5,9,12-15H2,1H3,(H2,21,24)(H,23,25)/t18-/m0/s1. The highest BCUT2D eigenvalue weighted by Gasteiger charge is 2.19. The van der Waals surface area contributed by atoms with Gasteiger partial charge < -0.3 is 21.1 Å². The van der Waals surface area contributed by atoms with E-state index in [1.807, 2.05) is 18.2 Å². The summed E-state index contributed by atoms with van der Waals surface area (Å²) in [7, 11) is 0. The maximum absolute atomic E-state index is 11.9. The number of hydrogen-bond acceptors (Lipinski definition) is 4. The lowest BCUT2D eigenvalue weighted by Crippen LogP contribution is -2.46. The molecule has 0 saturated carbocycles. The van der Waals surface area contributed by atoms with Crippen molar-refractivity contribution < 1.29 is 14.3 Å². The van der Waals surface area contributed by atoms with Crippen LogP contribution in [0.1, 0.15) is 38.2 Å². The van der Waals surface area contributed by atoms with Crippen LogP contribution in [0.5, 0.6) is 0 Å². The Bertz CT molecular complexity index is 561. The minimum atomic E-state index is -0.636. The molecule has 0 spiro atoms. The molecule has 1 rings (SSSR count). The molecule has 1 aromatic rings. The number of benzene rings is 1. The fourth-order valence-corrected chi connectivity index (χ4v) is 2.43. The molecule has 0 saturated heterocycles. The van der Waals surface area contributed by atoms with Crippen molar-refractivity contribution in [3.8, 4) is 0 Å². The van der Waals surface area contributed by atoms with E-state index in [0.717, 1.165) is 32.1 Å². The van der Waals surface area contributed by atoms with Gasteiger partial charge in [-0.2, -0.15) is 0 Å².